The molecule has 1 unspecified atom stereocenters. The Morgan fingerprint density at radius 2 is 2.06 bits per heavy atom. The lowest BCUT2D eigenvalue weighted by Gasteiger charge is -2.39. The third kappa shape index (κ3) is 1.51. The van der Waals surface area contributed by atoms with Gasteiger partial charge < -0.3 is 10.2 Å². The van der Waals surface area contributed by atoms with E-state index in [9.17, 15) is 10.2 Å². The molecule has 2 aliphatic heterocycles. The van der Waals surface area contributed by atoms with E-state index >= 15 is 0 Å². The predicted molar refractivity (Wildman–Crippen MR) is 57.1 cm³/mol. The van der Waals surface area contributed by atoms with Crippen molar-refractivity contribution in [3.05, 3.63) is 11.3 Å². The van der Waals surface area contributed by atoms with Gasteiger partial charge in [-0.3, -0.25) is 4.90 Å². The molecule has 16 heavy (non-hydrogen) atoms. The number of fused-ring (bicyclic) bond motifs is 2. The van der Waals surface area contributed by atoms with Gasteiger partial charge in [0, 0.05) is 24.6 Å². The first kappa shape index (κ1) is 9.84. The van der Waals surface area contributed by atoms with E-state index in [1.165, 1.54) is 19.3 Å². The molecule has 2 N–H and O–H groups in total. The Morgan fingerprint density at radius 1 is 1.19 bits per heavy atom. The maximum atomic E-state index is 9.69. The summed E-state index contributed by atoms with van der Waals surface area (Å²) in [4.78, 5) is 10.0. The molecule has 2 aliphatic rings. The van der Waals surface area contributed by atoms with Crippen LogP contribution in [0.2, 0.25) is 0 Å². The second-order valence-corrected chi connectivity index (χ2v) is 4.60. The number of nitrogens with zero attached hydrogens (tertiary/aromatic N) is 3. The van der Waals surface area contributed by atoms with E-state index in [4.69, 9.17) is 0 Å². The molecular formula is C11H15N3O2. The van der Waals surface area contributed by atoms with E-state index in [1.807, 2.05) is 0 Å². The van der Waals surface area contributed by atoms with Gasteiger partial charge in [0.25, 0.3) is 0 Å². The summed E-state index contributed by atoms with van der Waals surface area (Å²) in [5.41, 5.74) is 1.60. The molecule has 1 atom stereocenters. The maximum absolute atomic E-state index is 9.69. The van der Waals surface area contributed by atoms with Crippen molar-refractivity contribution in [3.63, 3.8) is 0 Å². The van der Waals surface area contributed by atoms with Gasteiger partial charge in [-0.15, -0.1) is 0 Å². The van der Waals surface area contributed by atoms with Crippen molar-refractivity contribution >= 4 is 0 Å². The van der Waals surface area contributed by atoms with Gasteiger partial charge in [-0.2, -0.15) is 9.97 Å². The first-order valence-electron chi connectivity index (χ1n) is 5.76. The molecular weight excluding hydrogens is 206 g/mol. The summed E-state index contributed by atoms with van der Waals surface area (Å²) in [7, 11) is 0. The minimum atomic E-state index is -0.319. The van der Waals surface area contributed by atoms with Crippen molar-refractivity contribution in [2.75, 3.05) is 6.54 Å². The van der Waals surface area contributed by atoms with E-state index in [0.717, 1.165) is 24.2 Å². The van der Waals surface area contributed by atoms with Crippen LogP contribution >= 0.6 is 0 Å². The minimum Gasteiger partial charge on any atom is -0.493 e. The number of hydrogen-bond donors (Lipinski definition) is 2. The number of aromatic hydroxyl groups is 2. The second kappa shape index (κ2) is 3.59. The van der Waals surface area contributed by atoms with Crippen LogP contribution < -0.4 is 0 Å². The molecule has 0 spiro atoms. The van der Waals surface area contributed by atoms with Crippen molar-refractivity contribution in [3.8, 4) is 11.9 Å². The number of rotatable bonds is 0. The Labute approximate surface area is 93.8 Å². The molecule has 86 valence electrons. The molecule has 1 fully saturated rings. The summed E-state index contributed by atoms with van der Waals surface area (Å²) in [6, 6.07) is 0.204. The van der Waals surface area contributed by atoms with E-state index in [-0.39, 0.29) is 11.9 Å². The fraction of sp³-hybridized carbons (Fsp3) is 0.636. The summed E-state index contributed by atoms with van der Waals surface area (Å²) in [6.07, 6.45) is 4.50. The number of aromatic nitrogens is 2. The highest BCUT2D eigenvalue weighted by molar-refractivity contribution is 5.33. The van der Waals surface area contributed by atoms with Gasteiger partial charge in [0.15, 0.2) is 0 Å². The molecule has 0 aromatic carbocycles. The van der Waals surface area contributed by atoms with Gasteiger partial charge in [-0.1, -0.05) is 6.42 Å². The molecule has 0 radical (unpaired) electrons. The van der Waals surface area contributed by atoms with Crippen LogP contribution in [0.15, 0.2) is 0 Å². The van der Waals surface area contributed by atoms with Crippen molar-refractivity contribution in [2.45, 2.75) is 38.3 Å². The average molecular weight is 221 g/mol. The minimum absolute atomic E-state index is 0.0634. The third-order valence-corrected chi connectivity index (χ3v) is 3.60. The standard InChI is InChI=1S/C11H15N3O2/c15-10-8-6-14-4-2-1-3-7(14)5-9(8)12-11(16)13-10/h7H,1-6H2,(H2,12,13,15,16). The lowest BCUT2D eigenvalue weighted by atomic mass is 9.92. The fourth-order valence-corrected chi connectivity index (χ4v) is 2.76. The van der Waals surface area contributed by atoms with Crippen molar-refractivity contribution < 1.29 is 10.2 Å². The molecule has 5 nitrogen and oxygen atoms in total. The van der Waals surface area contributed by atoms with Crippen LogP contribution in [0, 0.1) is 0 Å². The van der Waals surface area contributed by atoms with E-state index in [2.05, 4.69) is 14.9 Å². The van der Waals surface area contributed by atoms with E-state index < -0.39 is 0 Å². The second-order valence-electron chi connectivity index (χ2n) is 4.60. The molecule has 0 amide bonds. The topological polar surface area (TPSA) is 69.5 Å². The van der Waals surface area contributed by atoms with Gasteiger partial charge in [0.05, 0.1) is 5.69 Å². The van der Waals surface area contributed by atoms with Gasteiger partial charge in [0.1, 0.15) is 0 Å². The predicted octanol–water partition coefficient (Wildman–Crippen LogP) is 0.798. The lowest BCUT2D eigenvalue weighted by Crippen LogP contribution is -2.43. The first-order valence-corrected chi connectivity index (χ1v) is 5.76. The molecule has 1 aromatic rings. The average Bonchev–Trinajstić information content (AvgIpc) is 2.27. The quantitative estimate of drug-likeness (QED) is 0.678. The van der Waals surface area contributed by atoms with Gasteiger partial charge in [-0.05, 0) is 19.4 Å². The highest BCUT2D eigenvalue weighted by Gasteiger charge is 2.31. The Morgan fingerprint density at radius 3 is 2.94 bits per heavy atom. The summed E-state index contributed by atoms with van der Waals surface area (Å²) < 4.78 is 0. The monoisotopic (exact) mass is 221 g/mol. The van der Waals surface area contributed by atoms with Crippen LogP contribution in [0.25, 0.3) is 0 Å². The zero-order valence-corrected chi connectivity index (χ0v) is 9.06. The molecule has 0 bridgehead atoms. The lowest BCUT2D eigenvalue weighted by molar-refractivity contribution is 0.123. The zero-order valence-electron chi connectivity index (χ0n) is 9.06. The molecule has 3 rings (SSSR count). The van der Waals surface area contributed by atoms with Crippen LogP contribution in [0.3, 0.4) is 0 Å². The number of hydrogen-bond acceptors (Lipinski definition) is 5. The smallest absolute Gasteiger partial charge is 0.317 e. The van der Waals surface area contributed by atoms with Crippen molar-refractivity contribution in [2.24, 2.45) is 0 Å². The zero-order chi connectivity index (χ0) is 11.1. The van der Waals surface area contributed by atoms with Gasteiger partial charge in [-0.25, -0.2) is 0 Å². The third-order valence-electron chi connectivity index (χ3n) is 3.60. The van der Waals surface area contributed by atoms with Crippen LogP contribution in [-0.2, 0) is 13.0 Å². The van der Waals surface area contributed by atoms with Crippen LogP contribution in [0.4, 0.5) is 0 Å². The Kier molecular flexibility index (Phi) is 2.21. The van der Waals surface area contributed by atoms with Crippen LogP contribution in [-0.4, -0.2) is 37.7 Å². The maximum Gasteiger partial charge on any atom is 0.317 e. The Bertz CT molecular complexity index is 422. The molecule has 1 saturated heterocycles. The van der Waals surface area contributed by atoms with Crippen molar-refractivity contribution in [1.29, 1.82) is 0 Å². The normalized spacial score (nSPS) is 24.9. The SMILES string of the molecule is Oc1nc(O)c2c(n1)CC1CCCCN1C2. The Hall–Kier alpha value is -1.36. The Balaban J connectivity index is 1.98. The number of piperidine rings is 1. The molecule has 0 saturated carbocycles. The molecule has 1 aromatic heterocycles. The van der Waals surface area contributed by atoms with E-state index in [1.54, 1.807) is 0 Å². The highest BCUT2D eigenvalue weighted by atomic mass is 16.3. The van der Waals surface area contributed by atoms with E-state index in [0.29, 0.717) is 12.6 Å². The molecule has 5 heteroatoms. The fourth-order valence-electron chi connectivity index (χ4n) is 2.76. The van der Waals surface area contributed by atoms with Crippen molar-refractivity contribution in [1.82, 2.24) is 14.9 Å². The summed E-state index contributed by atoms with van der Waals surface area (Å²) in [5.74, 6) is -0.0634. The van der Waals surface area contributed by atoms with Gasteiger partial charge in [0.2, 0.25) is 5.88 Å². The van der Waals surface area contributed by atoms with Crippen LogP contribution in [0.1, 0.15) is 30.5 Å². The largest absolute Gasteiger partial charge is 0.493 e. The van der Waals surface area contributed by atoms with Gasteiger partial charge >= 0.3 is 6.01 Å². The highest BCUT2D eigenvalue weighted by Crippen LogP contribution is 2.32. The van der Waals surface area contributed by atoms with Crippen LogP contribution in [0.5, 0.6) is 11.9 Å². The molecule has 3 heterocycles. The summed E-state index contributed by atoms with van der Waals surface area (Å²) in [5, 5.41) is 19.0. The summed E-state index contributed by atoms with van der Waals surface area (Å²) >= 11 is 0. The first-order chi connectivity index (χ1) is 7.74. The summed E-state index contributed by atoms with van der Waals surface area (Å²) in [6.45, 7) is 1.80. The molecule has 0 aliphatic carbocycles.